The third-order valence-electron chi connectivity index (χ3n) is 5.12. The number of nitrogens with one attached hydrogen (secondary N) is 1. The summed E-state index contributed by atoms with van der Waals surface area (Å²) in [5, 5.41) is 3.52. The molecule has 7 heteroatoms. The van der Waals surface area contributed by atoms with Gasteiger partial charge in [0.15, 0.2) is 5.96 Å². The molecule has 0 radical (unpaired) electrons. The van der Waals surface area contributed by atoms with Gasteiger partial charge in [-0.2, -0.15) is 0 Å². The van der Waals surface area contributed by atoms with Gasteiger partial charge in [-0.25, -0.2) is 0 Å². The molecule has 0 unspecified atom stereocenters. The second kappa shape index (κ2) is 13.1. The summed E-state index contributed by atoms with van der Waals surface area (Å²) in [6, 6.07) is 0.773. The molecular weight excluding hydrogens is 431 g/mol. The Bertz CT molecular complexity index is 374. The molecule has 1 saturated heterocycles. The molecule has 2 fully saturated rings. The van der Waals surface area contributed by atoms with Crippen molar-refractivity contribution in [1.29, 1.82) is 0 Å². The zero-order chi connectivity index (χ0) is 17.2. The second-order valence-electron chi connectivity index (χ2n) is 7.00. The Kier molecular flexibility index (Phi) is 12.0. The molecule has 1 saturated carbocycles. The van der Waals surface area contributed by atoms with Crippen LogP contribution in [-0.4, -0.2) is 89.0 Å². The van der Waals surface area contributed by atoms with Gasteiger partial charge >= 0.3 is 0 Å². The van der Waals surface area contributed by atoms with Gasteiger partial charge in [-0.05, 0) is 38.0 Å². The van der Waals surface area contributed by atoms with E-state index in [2.05, 4.69) is 27.2 Å². The highest BCUT2D eigenvalue weighted by atomic mass is 127. The molecule has 0 spiro atoms. The van der Waals surface area contributed by atoms with Gasteiger partial charge in [-0.3, -0.25) is 9.89 Å². The number of ether oxygens (including phenoxy) is 2. The SMILES string of the molecule is CN=C(NCCN(CCOC)C1CC1)N(C)CCC1CCOCC1.I. The molecule has 25 heavy (non-hydrogen) atoms. The van der Waals surface area contributed by atoms with Gasteiger partial charge in [0, 0.05) is 66.6 Å². The van der Waals surface area contributed by atoms with E-state index in [0.29, 0.717) is 0 Å². The number of nitrogens with zero attached hydrogens (tertiary/aromatic N) is 3. The highest BCUT2D eigenvalue weighted by molar-refractivity contribution is 14.0. The van der Waals surface area contributed by atoms with Crippen LogP contribution >= 0.6 is 24.0 Å². The molecule has 6 nitrogen and oxygen atoms in total. The van der Waals surface area contributed by atoms with Crippen LogP contribution in [0.2, 0.25) is 0 Å². The summed E-state index contributed by atoms with van der Waals surface area (Å²) in [4.78, 5) is 9.22. The van der Waals surface area contributed by atoms with Crippen molar-refractivity contribution in [3.8, 4) is 0 Å². The van der Waals surface area contributed by atoms with Crippen LogP contribution in [0.25, 0.3) is 0 Å². The van der Waals surface area contributed by atoms with Crippen molar-refractivity contribution in [3.05, 3.63) is 0 Å². The van der Waals surface area contributed by atoms with Crippen molar-refractivity contribution < 1.29 is 9.47 Å². The Morgan fingerprint density at radius 3 is 2.48 bits per heavy atom. The Labute approximate surface area is 170 Å². The fourth-order valence-electron chi connectivity index (χ4n) is 3.34. The van der Waals surface area contributed by atoms with Crippen LogP contribution in [0.5, 0.6) is 0 Å². The monoisotopic (exact) mass is 468 g/mol. The lowest BCUT2D eigenvalue weighted by molar-refractivity contribution is 0.0625. The predicted octanol–water partition coefficient (Wildman–Crippen LogP) is 2.04. The molecule has 0 aromatic rings. The minimum Gasteiger partial charge on any atom is -0.383 e. The minimum atomic E-state index is 0. The first kappa shape index (κ1) is 22.9. The standard InChI is InChI=1S/C18H36N4O2.HI/c1-19-18(21(2)10-6-16-7-13-24-14-8-16)20-9-11-22(12-15-23-3)17-4-5-17;/h16-17H,4-15H2,1-3H3,(H,19,20);1H. The third-order valence-corrected chi connectivity index (χ3v) is 5.12. The van der Waals surface area contributed by atoms with Crippen LogP contribution in [0.15, 0.2) is 4.99 Å². The lowest BCUT2D eigenvalue weighted by atomic mass is 9.96. The van der Waals surface area contributed by atoms with Crippen molar-refractivity contribution in [2.45, 2.75) is 38.1 Å². The summed E-state index contributed by atoms with van der Waals surface area (Å²) in [7, 11) is 5.79. The van der Waals surface area contributed by atoms with E-state index in [0.717, 1.165) is 63.9 Å². The molecule has 0 aromatic carbocycles. The highest BCUT2D eigenvalue weighted by Gasteiger charge is 2.28. The molecule has 1 heterocycles. The zero-order valence-electron chi connectivity index (χ0n) is 16.2. The molecule has 1 N–H and O–H groups in total. The van der Waals surface area contributed by atoms with Gasteiger partial charge in [0.05, 0.1) is 6.61 Å². The van der Waals surface area contributed by atoms with E-state index in [-0.39, 0.29) is 24.0 Å². The van der Waals surface area contributed by atoms with Crippen molar-refractivity contribution in [2.24, 2.45) is 10.9 Å². The summed E-state index contributed by atoms with van der Waals surface area (Å²) < 4.78 is 10.7. The first-order chi connectivity index (χ1) is 11.7. The average molecular weight is 468 g/mol. The van der Waals surface area contributed by atoms with Gasteiger partial charge in [-0.15, -0.1) is 24.0 Å². The van der Waals surface area contributed by atoms with E-state index in [9.17, 15) is 0 Å². The Hall–Kier alpha value is -0.120. The van der Waals surface area contributed by atoms with Crippen LogP contribution in [-0.2, 0) is 9.47 Å². The predicted molar refractivity (Wildman–Crippen MR) is 114 cm³/mol. The summed E-state index contributed by atoms with van der Waals surface area (Å²) in [5.41, 5.74) is 0. The van der Waals surface area contributed by atoms with Gasteiger partial charge in [0.25, 0.3) is 0 Å². The van der Waals surface area contributed by atoms with E-state index in [1.165, 1.54) is 32.1 Å². The fourth-order valence-corrected chi connectivity index (χ4v) is 3.34. The number of aliphatic imine (C=N–C) groups is 1. The molecule has 1 aliphatic heterocycles. The zero-order valence-corrected chi connectivity index (χ0v) is 18.5. The maximum absolute atomic E-state index is 5.44. The van der Waals surface area contributed by atoms with Gasteiger partial charge in [0.1, 0.15) is 0 Å². The Morgan fingerprint density at radius 1 is 1.16 bits per heavy atom. The molecular formula is C18H37IN4O2. The number of guanidine groups is 1. The largest absolute Gasteiger partial charge is 0.383 e. The topological polar surface area (TPSA) is 49.3 Å². The number of halogens is 1. The lowest BCUT2D eigenvalue weighted by Crippen LogP contribution is -2.44. The quantitative estimate of drug-likeness (QED) is 0.302. The Balaban J connectivity index is 0.00000312. The van der Waals surface area contributed by atoms with Crippen molar-refractivity contribution >= 4 is 29.9 Å². The summed E-state index contributed by atoms with van der Waals surface area (Å²) in [6.45, 7) is 6.76. The van der Waals surface area contributed by atoms with E-state index in [4.69, 9.17) is 9.47 Å². The van der Waals surface area contributed by atoms with Gasteiger partial charge in [-0.1, -0.05) is 0 Å². The molecule has 0 aromatic heterocycles. The maximum Gasteiger partial charge on any atom is 0.193 e. The first-order valence-corrected chi connectivity index (χ1v) is 9.47. The number of methoxy groups -OCH3 is 1. The second-order valence-corrected chi connectivity index (χ2v) is 7.00. The third kappa shape index (κ3) is 8.88. The molecule has 0 bridgehead atoms. The van der Waals surface area contributed by atoms with E-state index in [1.54, 1.807) is 7.11 Å². The van der Waals surface area contributed by atoms with Crippen LogP contribution in [0, 0.1) is 5.92 Å². The van der Waals surface area contributed by atoms with Crippen LogP contribution < -0.4 is 5.32 Å². The molecule has 0 atom stereocenters. The molecule has 148 valence electrons. The number of hydrogen-bond donors (Lipinski definition) is 1. The number of hydrogen-bond acceptors (Lipinski definition) is 4. The Morgan fingerprint density at radius 2 is 1.88 bits per heavy atom. The van der Waals surface area contributed by atoms with E-state index >= 15 is 0 Å². The molecule has 1 aliphatic carbocycles. The van der Waals surface area contributed by atoms with E-state index in [1.807, 2.05) is 7.05 Å². The fraction of sp³-hybridized carbons (Fsp3) is 0.944. The lowest BCUT2D eigenvalue weighted by Gasteiger charge is -2.27. The molecule has 2 aliphatic rings. The van der Waals surface area contributed by atoms with Gasteiger partial charge < -0.3 is 19.7 Å². The average Bonchev–Trinajstić information content (AvgIpc) is 3.45. The van der Waals surface area contributed by atoms with Crippen LogP contribution in [0.4, 0.5) is 0 Å². The van der Waals surface area contributed by atoms with Gasteiger partial charge in [0.2, 0.25) is 0 Å². The maximum atomic E-state index is 5.44. The van der Waals surface area contributed by atoms with Crippen LogP contribution in [0.3, 0.4) is 0 Å². The van der Waals surface area contributed by atoms with E-state index < -0.39 is 0 Å². The molecule has 0 amide bonds. The van der Waals surface area contributed by atoms with Crippen molar-refractivity contribution in [3.63, 3.8) is 0 Å². The summed E-state index contributed by atoms with van der Waals surface area (Å²) in [6.07, 6.45) is 6.31. The molecule has 2 rings (SSSR count). The smallest absolute Gasteiger partial charge is 0.193 e. The van der Waals surface area contributed by atoms with Crippen LogP contribution in [0.1, 0.15) is 32.1 Å². The highest BCUT2D eigenvalue weighted by Crippen LogP contribution is 2.26. The summed E-state index contributed by atoms with van der Waals surface area (Å²) in [5.74, 6) is 1.81. The van der Waals surface area contributed by atoms with Crippen molar-refractivity contribution in [2.75, 3.05) is 67.2 Å². The summed E-state index contributed by atoms with van der Waals surface area (Å²) >= 11 is 0. The first-order valence-electron chi connectivity index (χ1n) is 9.47. The normalized spacial score (nSPS) is 19.0. The number of rotatable bonds is 10. The van der Waals surface area contributed by atoms with Crippen molar-refractivity contribution in [1.82, 2.24) is 15.1 Å². The minimum absolute atomic E-state index is 0.